The van der Waals surface area contributed by atoms with Crippen LogP contribution in [0.5, 0.6) is 0 Å². The smallest absolute Gasteiger partial charge is 0.0442 e. The van der Waals surface area contributed by atoms with Crippen LogP contribution in [-0.2, 0) is 10.8 Å². The Morgan fingerprint density at radius 1 is 1.64 bits per heavy atom. The summed E-state index contributed by atoms with van der Waals surface area (Å²) in [7, 11) is -0.698. The van der Waals surface area contributed by atoms with Crippen LogP contribution in [0.4, 0.5) is 0 Å². The highest BCUT2D eigenvalue weighted by Crippen LogP contribution is 1.96. The fourth-order valence-corrected chi connectivity index (χ4v) is 1.96. The van der Waals surface area contributed by atoms with Crippen molar-refractivity contribution < 1.29 is 4.21 Å². The van der Waals surface area contributed by atoms with Crippen LogP contribution in [0.15, 0.2) is 11.6 Å². The molecule has 2 N–H and O–H groups in total. The fourth-order valence-electron chi connectivity index (χ4n) is 0.654. The molecular weight excluding hydrogens is 158 g/mol. The van der Waals surface area contributed by atoms with Gasteiger partial charge in [0.1, 0.15) is 0 Å². The van der Waals surface area contributed by atoms with Crippen LogP contribution in [0.1, 0.15) is 20.3 Å². The second-order valence-corrected chi connectivity index (χ2v) is 4.14. The van der Waals surface area contributed by atoms with E-state index in [4.69, 9.17) is 5.73 Å². The van der Waals surface area contributed by atoms with E-state index in [0.29, 0.717) is 12.3 Å². The van der Waals surface area contributed by atoms with Gasteiger partial charge in [-0.2, -0.15) is 0 Å². The summed E-state index contributed by atoms with van der Waals surface area (Å²) < 4.78 is 11.2. The quantitative estimate of drug-likeness (QED) is 0.635. The van der Waals surface area contributed by atoms with Crippen molar-refractivity contribution in [2.45, 2.75) is 20.3 Å². The molecule has 0 aromatic heterocycles. The van der Waals surface area contributed by atoms with Gasteiger partial charge >= 0.3 is 0 Å². The average Bonchev–Trinajstić information content (AvgIpc) is 2.00. The summed E-state index contributed by atoms with van der Waals surface area (Å²) >= 11 is 0. The Morgan fingerprint density at radius 3 is 2.73 bits per heavy atom. The van der Waals surface area contributed by atoms with E-state index < -0.39 is 10.8 Å². The Balaban J connectivity index is 3.53. The van der Waals surface area contributed by atoms with Gasteiger partial charge in [-0.05, 0) is 26.8 Å². The maximum absolute atomic E-state index is 11.2. The van der Waals surface area contributed by atoms with Gasteiger partial charge in [-0.25, -0.2) is 0 Å². The molecule has 0 bridgehead atoms. The Bertz CT molecular complexity index is 154. The molecule has 0 aliphatic carbocycles. The third-order valence-corrected chi connectivity index (χ3v) is 2.98. The first-order valence-corrected chi connectivity index (χ1v) is 5.36. The molecule has 0 aromatic carbocycles. The van der Waals surface area contributed by atoms with Gasteiger partial charge in [0.25, 0.3) is 0 Å². The van der Waals surface area contributed by atoms with E-state index in [1.165, 1.54) is 5.57 Å². The lowest BCUT2D eigenvalue weighted by Gasteiger charge is -1.99. The summed E-state index contributed by atoms with van der Waals surface area (Å²) in [6.07, 6.45) is 2.87. The molecule has 0 heterocycles. The van der Waals surface area contributed by atoms with Crippen LogP contribution >= 0.6 is 0 Å². The molecule has 1 atom stereocenters. The summed E-state index contributed by atoms with van der Waals surface area (Å²) in [6.45, 7) is 4.61. The molecule has 0 aliphatic rings. The first kappa shape index (κ1) is 10.8. The van der Waals surface area contributed by atoms with E-state index in [2.05, 4.69) is 0 Å². The molecule has 0 amide bonds. The van der Waals surface area contributed by atoms with Crippen molar-refractivity contribution in [3.8, 4) is 0 Å². The molecule has 0 aromatic rings. The van der Waals surface area contributed by atoms with Crippen molar-refractivity contribution in [1.29, 1.82) is 0 Å². The van der Waals surface area contributed by atoms with Gasteiger partial charge < -0.3 is 5.73 Å². The van der Waals surface area contributed by atoms with Gasteiger partial charge in [0.15, 0.2) is 0 Å². The zero-order valence-electron chi connectivity index (χ0n) is 7.30. The summed E-state index contributed by atoms with van der Waals surface area (Å²) in [5.41, 5.74) is 6.49. The summed E-state index contributed by atoms with van der Waals surface area (Å²) in [4.78, 5) is 0. The standard InChI is InChI=1S/C8H17NOS/c1-3-8(2)7-11(10)6-4-5-9/h3H,4-7,9H2,1-2H3/b8-3+. The van der Waals surface area contributed by atoms with Gasteiger partial charge in [0, 0.05) is 22.3 Å². The molecule has 0 radical (unpaired) electrons. The molecule has 0 saturated carbocycles. The Morgan fingerprint density at radius 2 is 2.27 bits per heavy atom. The van der Waals surface area contributed by atoms with E-state index in [0.717, 1.165) is 12.2 Å². The topological polar surface area (TPSA) is 43.1 Å². The van der Waals surface area contributed by atoms with E-state index in [9.17, 15) is 4.21 Å². The summed E-state index contributed by atoms with van der Waals surface area (Å²) in [6, 6.07) is 0. The number of rotatable bonds is 5. The van der Waals surface area contributed by atoms with Crippen LogP contribution < -0.4 is 5.73 Å². The van der Waals surface area contributed by atoms with Gasteiger partial charge in [-0.15, -0.1) is 0 Å². The second kappa shape index (κ2) is 6.55. The molecule has 0 saturated heterocycles. The lowest BCUT2D eigenvalue weighted by molar-refractivity contribution is 0.682. The summed E-state index contributed by atoms with van der Waals surface area (Å²) in [5.74, 6) is 1.44. The van der Waals surface area contributed by atoms with Crippen molar-refractivity contribution in [3.05, 3.63) is 11.6 Å². The van der Waals surface area contributed by atoms with E-state index in [1.54, 1.807) is 0 Å². The van der Waals surface area contributed by atoms with Crippen molar-refractivity contribution in [2.75, 3.05) is 18.1 Å². The largest absolute Gasteiger partial charge is 0.330 e. The predicted molar refractivity (Wildman–Crippen MR) is 51.0 cm³/mol. The molecule has 0 aliphatic heterocycles. The Hall–Kier alpha value is -0.150. The molecule has 66 valence electrons. The third kappa shape index (κ3) is 6.26. The number of allylic oxidation sites excluding steroid dienone is 1. The second-order valence-electron chi connectivity index (χ2n) is 2.57. The molecule has 3 heteroatoms. The molecule has 1 unspecified atom stereocenters. The zero-order chi connectivity index (χ0) is 8.69. The van der Waals surface area contributed by atoms with Crippen molar-refractivity contribution in [1.82, 2.24) is 0 Å². The van der Waals surface area contributed by atoms with Crippen molar-refractivity contribution >= 4 is 10.8 Å². The van der Waals surface area contributed by atoms with E-state index in [1.807, 2.05) is 19.9 Å². The lowest BCUT2D eigenvalue weighted by atomic mass is 10.3. The highest BCUT2D eigenvalue weighted by atomic mass is 32.2. The number of hydrogen-bond acceptors (Lipinski definition) is 2. The molecular formula is C8H17NOS. The van der Waals surface area contributed by atoms with Crippen molar-refractivity contribution in [3.63, 3.8) is 0 Å². The molecule has 11 heavy (non-hydrogen) atoms. The number of nitrogens with two attached hydrogens (primary N) is 1. The van der Waals surface area contributed by atoms with E-state index in [-0.39, 0.29) is 0 Å². The monoisotopic (exact) mass is 175 g/mol. The minimum atomic E-state index is -0.698. The first-order valence-electron chi connectivity index (χ1n) is 3.87. The number of hydrogen-bond donors (Lipinski definition) is 1. The summed E-state index contributed by atoms with van der Waals surface area (Å²) in [5, 5.41) is 0. The van der Waals surface area contributed by atoms with Crippen LogP contribution in [0.25, 0.3) is 0 Å². The fraction of sp³-hybridized carbons (Fsp3) is 0.750. The predicted octanol–water partition coefficient (Wildman–Crippen LogP) is 1.05. The van der Waals surface area contributed by atoms with Crippen LogP contribution in [0.2, 0.25) is 0 Å². The third-order valence-electron chi connectivity index (χ3n) is 1.46. The maximum Gasteiger partial charge on any atom is 0.0442 e. The molecule has 0 fully saturated rings. The lowest BCUT2D eigenvalue weighted by Crippen LogP contribution is -2.08. The Kier molecular flexibility index (Phi) is 6.46. The molecule has 0 rings (SSSR count). The van der Waals surface area contributed by atoms with Crippen LogP contribution in [0, 0.1) is 0 Å². The first-order chi connectivity index (χ1) is 5.20. The normalized spacial score (nSPS) is 15.0. The molecule has 0 spiro atoms. The Labute approximate surface area is 71.3 Å². The minimum absolute atomic E-state index is 0.640. The van der Waals surface area contributed by atoms with Crippen LogP contribution in [-0.4, -0.2) is 22.3 Å². The highest BCUT2D eigenvalue weighted by molar-refractivity contribution is 7.85. The highest BCUT2D eigenvalue weighted by Gasteiger charge is 1.98. The SMILES string of the molecule is C/C=C(\C)CS(=O)CCCN. The van der Waals surface area contributed by atoms with Gasteiger partial charge in [0.05, 0.1) is 0 Å². The molecule has 2 nitrogen and oxygen atoms in total. The van der Waals surface area contributed by atoms with Crippen molar-refractivity contribution in [2.24, 2.45) is 5.73 Å². The average molecular weight is 175 g/mol. The minimum Gasteiger partial charge on any atom is -0.330 e. The van der Waals surface area contributed by atoms with Gasteiger partial charge in [-0.1, -0.05) is 11.6 Å². The van der Waals surface area contributed by atoms with Crippen LogP contribution in [0.3, 0.4) is 0 Å². The van der Waals surface area contributed by atoms with E-state index >= 15 is 0 Å². The maximum atomic E-state index is 11.2. The van der Waals surface area contributed by atoms with Gasteiger partial charge in [0.2, 0.25) is 0 Å². The van der Waals surface area contributed by atoms with Gasteiger partial charge in [-0.3, -0.25) is 4.21 Å². The zero-order valence-corrected chi connectivity index (χ0v) is 8.12.